The van der Waals surface area contributed by atoms with Crippen LogP contribution in [0.4, 0.5) is 0 Å². The first-order valence-corrected chi connectivity index (χ1v) is 9.22. The molecule has 0 unspecified atom stereocenters. The molecule has 0 radical (unpaired) electrons. The van der Waals surface area contributed by atoms with Gasteiger partial charge >= 0.3 is 0 Å². The number of nitrogens with zero attached hydrogens (tertiary/aromatic N) is 4. The Balaban J connectivity index is 1.56. The van der Waals surface area contributed by atoms with E-state index < -0.39 is 0 Å². The number of aryl methyl sites for hydroxylation is 2. The number of hydrogen-bond donors (Lipinski definition) is 1. The third kappa shape index (κ3) is 3.19. The zero-order chi connectivity index (χ0) is 17.4. The van der Waals surface area contributed by atoms with Crippen LogP contribution in [0.25, 0.3) is 22.1 Å². The number of morpholine rings is 1. The third-order valence-electron chi connectivity index (χ3n) is 4.33. The molecule has 1 amide bonds. The van der Waals surface area contributed by atoms with Gasteiger partial charge in [0.2, 0.25) is 11.1 Å². The van der Waals surface area contributed by atoms with Crippen LogP contribution in [0.5, 0.6) is 0 Å². The molecular formula is C17H19N5O2S. The number of aromatic amines is 1. The summed E-state index contributed by atoms with van der Waals surface area (Å²) in [5, 5.41) is 10.1. The highest BCUT2D eigenvalue weighted by Gasteiger charge is 2.18. The van der Waals surface area contributed by atoms with Gasteiger partial charge in [-0.2, -0.15) is 0 Å². The van der Waals surface area contributed by atoms with E-state index in [0.29, 0.717) is 42.9 Å². The van der Waals surface area contributed by atoms with Gasteiger partial charge in [0.1, 0.15) is 5.52 Å². The van der Waals surface area contributed by atoms with Crippen LogP contribution < -0.4 is 0 Å². The Morgan fingerprint density at radius 2 is 2.08 bits per heavy atom. The van der Waals surface area contributed by atoms with Crippen LogP contribution in [0.1, 0.15) is 11.1 Å². The van der Waals surface area contributed by atoms with Gasteiger partial charge in [0.05, 0.1) is 24.5 Å². The summed E-state index contributed by atoms with van der Waals surface area (Å²) in [6, 6.07) is 4.22. The van der Waals surface area contributed by atoms with Gasteiger partial charge in [-0.3, -0.25) is 4.79 Å². The van der Waals surface area contributed by atoms with Gasteiger partial charge in [0.25, 0.3) is 0 Å². The van der Waals surface area contributed by atoms with Crippen molar-refractivity contribution in [2.24, 2.45) is 0 Å². The van der Waals surface area contributed by atoms with Crippen LogP contribution in [0.15, 0.2) is 17.3 Å². The van der Waals surface area contributed by atoms with Gasteiger partial charge in [-0.15, -0.1) is 10.2 Å². The topological polar surface area (TPSA) is 84.0 Å². The predicted molar refractivity (Wildman–Crippen MR) is 96.8 cm³/mol. The number of nitrogens with one attached hydrogen (secondary N) is 1. The van der Waals surface area contributed by atoms with Crippen molar-refractivity contribution in [1.29, 1.82) is 0 Å². The molecule has 4 rings (SSSR count). The van der Waals surface area contributed by atoms with E-state index >= 15 is 0 Å². The quantitative estimate of drug-likeness (QED) is 0.723. The molecule has 2 aromatic heterocycles. The summed E-state index contributed by atoms with van der Waals surface area (Å²) in [6.07, 6.45) is 0. The highest BCUT2D eigenvalue weighted by molar-refractivity contribution is 7.99. The van der Waals surface area contributed by atoms with Crippen LogP contribution in [-0.2, 0) is 9.53 Å². The molecule has 8 heteroatoms. The van der Waals surface area contributed by atoms with Gasteiger partial charge in [-0.05, 0) is 25.5 Å². The summed E-state index contributed by atoms with van der Waals surface area (Å²) in [5.74, 6) is 0.395. The number of carbonyl (C=O) groups excluding carboxylic acids is 1. The Morgan fingerprint density at radius 3 is 2.88 bits per heavy atom. The summed E-state index contributed by atoms with van der Waals surface area (Å²) >= 11 is 1.32. The largest absolute Gasteiger partial charge is 0.378 e. The number of fused-ring (bicyclic) bond motifs is 3. The van der Waals surface area contributed by atoms with Gasteiger partial charge in [0, 0.05) is 18.5 Å². The molecule has 1 aliphatic rings. The van der Waals surface area contributed by atoms with Crippen LogP contribution >= 0.6 is 11.8 Å². The molecule has 0 atom stereocenters. The number of H-pyrrole nitrogens is 1. The predicted octanol–water partition coefficient (Wildman–Crippen LogP) is 2.07. The molecule has 3 heterocycles. The van der Waals surface area contributed by atoms with Crippen molar-refractivity contribution in [2.75, 3.05) is 32.1 Å². The average Bonchev–Trinajstić information content (AvgIpc) is 2.98. The van der Waals surface area contributed by atoms with Crippen LogP contribution in [0.3, 0.4) is 0 Å². The first kappa shape index (κ1) is 16.3. The van der Waals surface area contributed by atoms with Crippen molar-refractivity contribution in [3.8, 4) is 0 Å². The Labute approximate surface area is 149 Å². The van der Waals surface area contributed by atoms with E-state index in [1.807, 2.05) is 4.90 Å². The fourth-order valence-corrected chi connectivity index (χ4v) is 3.80. The molecule has 1 saturated heterocycles. The Bertz CT molecular complexity index is 949. The molecule has 1 aliphatic heterocycles. The van der Waals surface area contributed by atoms with Crippen molar-refractivity contribution in [1.82, 2.24) is 25.1 Å². The molecule has 0 spiro atoms. The smallest absolute Gasteiger partial charge is 0.233 e. The second-order valence-corrected chi connectivity index (χ2v) is 7.15. The lowest BCUT2D eigenvalue weighted by atomic mass is 10.1. The molecule has 0 aliphatic carbocycles. The monoisotopic (exact) mass is 357 g/mol. The van der Waals surface area contributed by atoms with E-state index in [0.717, 1.165) is 22.0 Å². The summed E-state index contributed by atoms with van der Waals surface area (Å²) < 4.78 is 5.27. The minimum Gasteiger partial charge on any atom is -0.378 e. The van der Waals surface area contributed by atoms with Gasteiger partial charge < -0.3 is 14.6 Å². The average molecular weight is 357 g/mol. The first-order chi connectivity index (χ1) is 12.1. The van der Waals surface area contributed by atoms with Gasteiger partial charge in [-0.1, -0.05) is 23.4 Å². The lowest BCUT2D eigenvalue weighted by Gasteiger charge is -2.26. The first-order valence-electron chi connectivity index (χ1n) is 8.23. The fourth-order valence-electron chi connectivity index (χ4n) is 3.11. The molecule has 1 N–H and O–H groups in total. The summed E-state index contributed by atoms with van der Waals surface area (Å²) in [4.78, 5) is 21.9. The maximum absolute atomic E-state index is 12.2. The van der Waals surface area contributed by atoms with Crippen LogP contribution in [0, 0.1) is 13.8 Å². The zero-order valence-electron chi connectivity index (χ0n) is 14.2. The van der Waals surface area contributed by atoms with Gasteiger partial charge in [-0.25, -0.2) is 4.98 Å². The number of rotatable bonds is 3. The number of carbonyl (C=O) groups is 1. The van der Waals surface area contributed by atoms with Crippen molar-refractivity contribution in [2.45, 2.75) is 19.0 Å². The molecule has 0 saturated carbocycles. The Morgan fingerprint density at radius 1 is 1.28 bits per heavy atom. The lowest BCUT2D eigenvalue weighted by Crippen LogP contribution is -2.41. The lowest BCUT2D eigenvalue weighted by molar-refractivity contribution is -0.132. The van der Waals surface area contributed by atoms with Crippen molar-refractivity contribution >= 4 is 39.7 Å². The number of aromatic nitrogens is 4. The second-order valence-electron chi connectivity index (χ2n) is 6.20. The van der Waals surface area contributed by atoms with Crippen LogP contribution in [-0.4, -0.2) is 63.0 Å². The number of thioether (sulfide) groups is 1. The standard InChI is InChI=1S/C17H19N5O2S/c1-10-7-11(2)14-12(8-10)15-16(18-14)19-17(21-20-15)25-9-13(23)22-3-5-24-6-4-22/h7-8H,3-6,9H2,1-2H3,(H,18,19,21). The molecule has 130 valence electrons. The molecule has 1 fully saturated rings. The SMILES string of the molecule is Cc1cc(C)c2[nH]c3nc(SCC(=O)N4CCOCC4)nnc3c2c1. The minimum atomic E-state index is 0.0834. The zero-order valence-corrected chi connectivity index (χ0v) is 15.0. The number of amides is 1. The summed E-state index contributed by atoms with van der Waals surface area (Å²) in [6.45, 7) is 6.64. The minimum absolute atomic E-state index is 0.0834. The van der Waals surface area contributed by atoms with E-state index in [-0.39, 0.29) is 5.91 Å². The molecule has 1 aromatic carbocycles. The third-order valence-corrected chi connectivity index (χ3v) is 5.16. The van der Waals surface area contributed by atoms with Crippen molar-refractivity contribution in [3.05, 3.63) is 23.3 Å². The normalized spacial score (nSPS) is 15.2. The molecule has 7 nitrogen and oxygen atoms in total. The molecule has 25 heavy (non-hydrogen) atoms. The number of benzene rings is 1. The van der Waals surface area contributed by atoms with Crippen LogP contribution in [0.2, 0.25) is 0 Å². The van der Waals surface area contributed by atoms with E-state index in [4.69, 9.17) is 4.74 Å². The van der Waals surface area contributed by atoms with Gasteiger partial charge in [0.15, 0.2) is 5.65 Å². The van der Waals surface area contributed by atoms with E-state index in [9.17, 15) is 4.79 Å². The summed E-state index contributed by atoms with van der Waals surface area (Å²) in [5.41, 5.74) is 4.85. The van der Waals surface area contributed by atoms with E-state index in [1.165, 1.54) is 17.3 Å². The Hall–Kier alpha value is -2.19. The molecule has 0 bridgehead atoms. The van der Waals surface area contributed by atoms with Crippen molar-refractivity contribution < 1.29 is 9.53 Å². The maximum Gasteiger partial charge on any atom is 0.233 e. The number of ether oxygens (including phenoxy) is 1. The molecule has 3 aromatic rings. The maximum atomic E-state index is 12.2. The van der Waals surface area contributed by atoms with Crippen molar-refractivity contribution in [3.63, 3.8) is 0 Å². The highest BCUT2D eigenvalue weighted by Crippen LogP contribution is 2.27. The highest BCUT2D eigenvalue weighted by atomic mass is 32.2. The van der Waals surface area contributed by atoms with E-state index in [1.54, 1.807) is 0 Å². The number of hydrogen-bond acceptors (Lipinski definition) is 6. The Kier molecular flexibility index (Phi) is 4.30. The molecular weight excluding hydrogens is 338 g/mol. The summed E-state index contributed by atoms with van der Waals surface area (Å²) in [7, 11) is 0. The fraction of sp³-hybridized carbons (Fsp3) is 0.412. The van der Waals surface area contributed by atoms with E-state index in [2.05, 4.69) is 46.1 Å². The second kappa shape index (κ2) is 6.61.